The van der Waals surface area contributed by atoms with E-state index in [0.29, 0.717) is 0 Å². The van der Waals surface area contributed by atoms with Gasteiger partial charge in [0.05, 0.1) is 0 Å². The minimum absolute atomic E-state index is 1.13. The molecule has 0 saturated heterocycles. The van der Waals surface area contributed by atoms with Crippen molar-refractivity contribution in [3.05, 3.63) is 46.6 Å². The first-order chi connectivity index (χ1) is 6.83. The molecule has 2 aliphatic carbocycles. The highest BCUT2D eigenvalue weighted by atomic mass is 14.2. The van der Waals surface area contributed by atoms with Crippen LogP contribution in [-0.2, 0) is 0 Å². The van der Waals surface area contributed by atoms with Gasteiger partial charge in [-0.1, -0.05) is 31.2 Å². The lowest BCUT2D eigenvalue weighted by Gasteiger charge is -2.19. The van der Waals surface area contributed by atoms with Crippen molar-refractivity contribution < 1.29 is 0 Å². The van der Waals surface area contributed by atoms with Crippen LogP contribution in [0.15, 0.2) is 46.6 Å². The molecule has 0 bridgehead atoms. The second kappa shape index (κ2) is 4.00. The molecule has 0 amide bonds. The fourth-order valence-electron chi connectivity index (χ4n) is 2.23. The van der Waals surface area contributed by atoms with Gasteiger partial charge in [-0.25, -0.2) is 0 Å². The van der Waals surface area contributed by atoms with Crippen molar-refractivity contribution >= 4 is 0 Å². The van der Waals surface area contributed by atoms with Gasteiger partial charge in [-0.05, 0) is 54.9 Å². The van der Waals surface area contributed by atoms with E-state index in [1.165, 1.54) is 24.0 Å². The van der Waals surface area contributed by atoms with Crippen LogP contribution in [0.3, 0.4) is 0 Å². The van der Waals surface area contributed by atoms with E-state index < -0.39 is 0 Å². The maximum atomic E-state index is 2.37. The second-order valence-electron chi connectivity index (χ2n) is 4.05. The summed E-state index contributed by atoms with van der Waals surface area (Å²) >= 11 is 0. The van der Waals surface area contributed by atoms with Crippen LogP contribution in [0.25, 0.3) is 0 Å². The van der Waals surface area contributed by atoms with Gasteiger partial charge in [0.15, 0.2) is 0 Å². The van der Waals surface area contributed by atoms with E-state index in [9.17, 15) is 0 Å². The van der Waals surface area contributed by atoms with Gasteiger partial charge < -0.3 is 0 Å². The Hall–Kier alpha value is -1.04. The van der Waals surface area contributed by atoms with Gasteiger partial charge in [0.2, 0.25) is 0 Å². The van der Waals surface area contributed by atoms with Crippen LogP contribution < -0.4 is 0 Å². The Morgan fingerprint density at radius 3 is 2.57 bits per heavy atom. The fraction of sp³-hybridized carbons (Fsp3) is 0.429. The van der Waals surface area contributed by atoms with Crippen molar-refractivity contribution in [3.8, 4) is 0 Å². The molecule has 0 fully saturated rings. The molecule has 0 spiro atoms. The van der Waals surface area contributed by atoms with Crippen LogP contribution in [0.1, 0.15) is 39.5 Å². The van der Waals surface area contributed by atoms with Crippen molar-refractivity contribution in [2.45, 2.75) is 39.5 Å². The predicted octanol–water partition coefficient (Wildman–Crippen LogP) is 4.32. The Balaban J connectivity index is 2.26. The van der Waals surface area contributed by atoms with E-state index in [4.69, 9.17) is 0 Å². The van der Waals surface area contributed by atoms with Crippen LogP contribution in [0.4, 0.5) is 0 Å². The van der Waals surface area contributed by atoms with E-state index in [1.54, 1.807) is 11.1 Å². The summed E-state index contributed by atoms with van der Waals surface area (Å²) < 4.78 is 0. The maximum Gasteiger partial charge on any atom is -0.00915 e. The Morgan fingerprint density at radius 2 is 2.14 bits per heavy atom. The zero-order chi connectivity index (χ0) is 9.97. The molecule has 0 aliphatic heterocycles. The summed E-state index contributed by atoms with van der Waals surface area (Å²) in [6, 6.07) is 0. The average molecular weight is 186 g/mol. The van der Waals surface area contributed by atoms with Gasteiger partial charge in [-0.2, -0.15) is 0 Å². The monoisotopic (exact) mass is 186 g/mol. The highest BCUT2D eigenvalue weighted by Crippen LogP contribution is 2.33. The van der Waals surface area contributed by atoms with E-state index in [1.807, 2.05) is 0 Å². The van der Waals surface area contributed by atoms with Crippen molar-refractivity contribution in [3.63, 3.8) is 0 Å². The quantitative estimate of drug-likeness (QED) is 0.615. The van der Waals surface area contributed by atoms with E-state index in [-0.39, 0.29) is 0 Å². The Labute approximate surface area is 86.7 Å². The summed E-state index contributed by atoms with van der Waals surface area (Å²) in [5.74, 6) is 0. The maximum absolute atomic E-state index is 2.37. The first-order valence-corrected chi connectivity index (χ1v) is 5.58. The number of allylic oxidation sites excluding steroid dienone is 8. The molecule has 0 atom stereocenters. The molecule has 0 aromatic carbocycles. The molecular formula is C14H18. The number of hydrogen-bond acceptors (Lipinski definition) is 0. The predicted molar refractivity (Wildman–Crippen MR) is 62.1 cm³/mol. The summed E-state index contributed by atoms with van der Waals surface area (Å²) in [6.45, 7) is 4.54. The Bertz CT molecular complexity index is 348. The summed E-state index contributed by atoms with van der Waals surface area (Å²) in [5.41, 5.74) is 6.21. The molecule has 0 saturated carbocycles. The van der Waals surface area contributed by atoms with Crippen molar-refractivity contribution in [1.29, 1.82) is 0 Å². The van der Waals surface area contributed by atoms with E-state index in [2.05, 4.69) is 38.2 Å². The molecule has 0 aromatic rings. The molecule has 0 aromatic heterocycles. The normalized spacial score (nSPS) is 21.3. The smallest absolute Gasteiger partial charge is 0.00915 e. The van der Waals surface area contributed by atoms with Crippen LogP contribution in [-0.4, -0.2) is 0 Å². The fourth-order valence-corrected chi connectivity index (χ4v) is 2.23. The third-order valence-electron chi connectivity index (χ3n) is 3.25. The highest BCUT2D eigenvalue weighted by molar-refractivity contribution is 5.49. The van der Waals surface area contributed by atoms with Gasteiger partial charge >= 0.3 is 0 Å². The van der Waals surface area contributed by atoms with Crippen LogP contribution in [0.5, 0.6) is 0 Å². The van der Waals surface area contributed by atoms with Gasteiger partial charge in [0.25, 0.3) is 0 Å². The first-order valence-electron chi connectivity index (χ1n) is 5.58. The largest absolute Gasteiger partial charge is 0.0807 e. The molecule has 14 heavy (non-hydrogen) atoms. The summed E-state index contributed by atoms with van der Waals surface area (Å²) in [6.07, 6.45) is 13.9. The molecule has 0 radical (unpaired) electrons. The lowest BCUT2D eigenvalue weighted by molar-refractivity contribution is 0.870. The van der Waals surface area contributed by atoms with Crippen molar-refractivity contribution in [2.75, 3.05) is 0 Å². The molecule has 0 nitrogen and oxygen atoms in total. The van der Waals surface area contributed by atoms with Crippen LogP contribution in [0.2, 0.25) is 0 Å². The molecule has 0 heterocycles. The van der Waals surface area contributed by atoms with Gasteiger partial charge in [-0.15, -0.1) is 0 Å². The van der Waals surface area contributed by atoms with Crippen LogP contribution in [0, 0.1) is 0 Å². The molecule has 74 valence electrons. The minimum Gasteiger partial charge on any atom is -0.0807 e. The number of rotatable bonds is 3. The lowest BCUT2D eigenvalue weighted by Crippen LogP contribution is -2.00. The summed E-state index contributed by atoms with van der Waals surface area (Å²) in [4.78, 5) is 0. The second-order valence-corrected chi connectivity index (χ2v) is 4.05. The Kier molecular flexibility index (Phi) is 2.72. The molecule has 2 aliphatic rings. The summed E-state index contributed by atoms with van der Waals surface area (Å²) in [7, 11) is 0. The standard InChI is InChI=1S/C14H18/c1-3-14(13-7-4-5-8-13)11(2)12-9-6-10-12/h4-5,7,9H,3,6,8,10H2,1-2H3. The molecule has 0 unspecified atom stereocenters. The summed E-state index contributed by atoms with van der Waals surface area (Å²) in [5, 5.41) is 0. The zero-order valence-electron chi connectivity index (χ0n) is 9.14. The van der Waals surface area contributed by atoms with Gasteiger partial charge in [0.1, 0.15) is 0 Å². The zero-order valence-corrected chi connectivity index (χ0v) is 9.14. The first kappa shape index (κ1) is 9.51. The molecular weight excluding hydrogens is 168 g/mol. The number of hydrogen-bond donors (Lipinski definition) is 0. The van der Waals surface area contributed by atoms with Gasteiger partial charge in [0, 0.05) is 0 Å². The molecule has 0 N–H and O–H groups in total. The molecule has 0 heteroatoms. The van der Waals surface area contributed by atoms with E-state index >= 15 is 0 Å². The highest BCUT2D eigenvalue weighted by Gasteiger charge is 2.14. The average Bonchev–Trinajstić information content (AvgIpc) is 2.55. The van der Waals surface area contributed by atoms with E-state index in [0.717, 1.165) is 12.8 Å². The Morgan fingerprint density at radius 1 is 1.36 bits per heavy atom. The third-order valence-corrected chi connectivity index (χ3v) is 3.25. The minimum atomic E-state index is 1.13. The third kappa shape index (κ3) is 1.61. The SMILES string of the molecule is CCC(C1=CC=CC1)=C(C)C1=CCC1. The molecule has 2 rings (SSSR count). The lowest BCUT2D eigenvalue weighted by atomic mass is 9.86. The van der Waals surface area contributed by atoms with Crippen molar-refractivity contribution in [1.82, 2.24) is 0 Å². The topological polar surface area (TPSA) is 0 Å². The van der Waals surface area contributed by atoms with Crippen LogP contribution >= 0.6 is 0 Å². The van der Waals surface area contributed by atoms with Crippen molar-refractivity contribution in [2.24, 2.45) is 0 Å². The van der Waals surface area contributed by atoms with Gasteiger partial charge in [-0.3, -0.25) is 0 Å².